The van der Waals surface area contributed by atoms with Crippen LogP contribution in [0.3, 0.4) is 0 Å². The number of ketones is 1. The van der Waals surface area contributed by atoms with E-state index in [2.05, 4.69) is 0 Å². The van der Waals surface area contributed by atoms with Gasteiger partial charge in [-0.1, -0.05) is 6.92 Å². The molecule has 5 nitrogen and oxygen atoms in total. The number of carbonyl (C=O) groups is 2. The number of hydrogen-bond donors (Lipinski definition) is 2. The average molecular weight is 294 g/mol. The summed E-state index contributed by atoms with van der Waals surface area (Å²) in [5.41, 5.74) is 0.140. The van der Waals surface area contributed by atoms with Crippen LogP contribution in [0.2, 0.25) is 5.82 Å². The summed E-state index contributed by atoms with van der Waals surface area (Å²) < 4.78 is 19.4. The van der Waals surface area contributed by atoms with Crippen LogP contribution >= 0.6 is 0 Å². The van der Waals surface area contributed by atoms with Gasteiger partial charge in [-0.15, -0.1) is 0 Å². The molecular weight excluding hydrogens is 278 g/mol. The lowest BCUT2D eigenvalue weighted by Gasteiger charge is -2.28. The van der Waals surface area contributed by atoms with Crippen LogP contribution in [0.15, 0.2) is 6.07 Å². The standard InChI is InChI=1S/C14H16BFO5/c1-3-9(17)5-8-6-10-12(16)7(2)4-11(14(18)19)13(10)21-15(8)20/h4,8,20H,3,5-6H2,1-2H3,(H,18,19)/t8-/m0/s1. The molecule has 1 aliphatic heterocycles. The maximum Gasteiger partial charge on any atom is 0.526 e. The van der Waals surface area contributed by atoms with E-state index in [1.807, 2.05) is 0 Å². The molecule has 112 valence electrons. The first kappa shape index (κ1) is 15.5. The van der Waals surface area contributed by atoms with Crippen molar-refractivity contribution in [3.05, 3.63) is 28.6 Å². The molecule has 0 aromatic heterocycles. The predicted octanol–water partition coefficient (Wildman–Crippen LogP) is 1.99. The molecule has 1 heterocycles. The lowest BCUT2D eigenvalue weighted by atomic mass is 9.64. The Bertz CT molecular complexity index is 602. The van der Waals surface area contributed by atoms with Gasteiger partial charge in [0.1, 0.15) is 22.9 Å². The zero-order valence-electron chi connectivity index (χ0n) is 11.9. The smallest absolute Gasteiger partial charge is 0.526 e. The van der Waals surface area contributed by atoms with E-state index in [0.29, 0.717) is 6.42 Å². The Morgan fingerprint density at radius 3 is 2.76 bits per heavy atom. The van der Waals surface area contributed by atoms with Crippen molar-refractivity contribution in [2.24, 2.45) is 0 Å². The minimum absolute atomic E-state index is 0.0578. The van der Waals surface area contributed by atoms with Gasteiger partial charge in [0.05, 0.1) is 0 Å². The highest BCUT2D eigenvalue weighted by Crippen LogP contribution is 2.39. The van der Waals surface area contributed by atoms with Crippen LogP contribution < -0.4 is 4.65 Å². The number of hydrogen-bond acceptors (Lipinski definition) is 4. The second-order valence-electron chi connectivity index (χ2n) is 5.24. The monoisotopic (exact) mass is 294 g/mol. The molecule has 2 rings (SSSR count). The summed E-state index contributed by atoms with van der Waals surface area (Å²) in [6, 6.07) is 1.18. The molecule has 1 atom stereocenters. The van der Waals surface area contributed by atoms with E-state index in [4.69, 9.17) is 9.76 Å². The Kier molecular flexibility index (Phi) is 4.32. The number of fused-ring (bicyclic) bond motifs is 1. The number of carboxylic acids is 1. The predicted molar refractivity (Wildman–Crippen MR) is 74.1 cm³/mol. The fourth-order valence-corrected chi connectivity index (χ4v) is 2.51. The Labute approximate surface area is 121 Å². The molecule has 0 saturated heterocycles. The van der Waals surface area contributed by atoms with Gasteiger partial charge in [-0.05, 0) is 25.0 Å². The Morgan fingerprint density at radius 1 is 1.52 bits per heavy atom. The van der Waals surface area contributed by atoms with Crippen molar-refractivity contribution in [1.29, 1.82) is 0 Å². The van der Waals surface area contributed by atoms with Crippen LogP contribution in [-0.4, -0.2) is 29.0 Å². The summed E-state index contributed by atoms with van der Waals surface area (Å²) in [5.74, 6) is -2.56. The normalized spacial score (nSPS) is 17.1. The van der Waals surface area contributed by atoms with Crippen LogP contribution in [0.25, 0.3) is 0 Å². The van der Waals surface area contributed by atoms with Crippen LogP contribution in [-0.2, 0) is 11.2 Å². The van der Waals surface area contributed by atoms with Gasteiger partial charge in [0.15, 0.2) is 0 Å². The number of carboxylic acid groups (broad SMARTS) is 1. The Hall–Kier alpha value is -1.89. The SMILES string of the molecule is CCC(=O)C[C@H]1Cc2c(F)c(C)cc(C(=O)O)c2OB1O. The molecule has 0 unspecified atom stereocenters. The number of carbonyl (C=O) groups excluding carboxylic acids is 1. The minimum Gasteiger partial charge on any atom is -0.535 e. The lowest BCUT2D eigenvalue weighted by molar-refractivity contribution is -0.118. The van der Waals surface area contributed by atoms with Crippen LogP contribution in [0.1, 0.15) is 41.3 Å². The van der Waals surface area contributed by atoms with Crippen molar-refractivity contribution in [3.63, 3.8) is 0 Å². The van der Waals surface area contributed by atoms with Gasteiger partial charge in [-0.3, -0.25) is 4.79 Å². The van der Waals surface area contributed by atoms with Crippen LogP contribution in [0, 0.1) is 12.7 Å². The number of benzene rings is 1. The molecule has 0 saturated carbocycles. The first-order valence-corrected chi connectivity index (χ1v) is 6.76. The highest BCUT2D eigenvalue weighted by atomic mass is 19.1. The molecule has 1 aromatic carbocycles. The van der Waals surface area contributed by atoms with Crippen molar-refractivity contribution >= 4 is 18.9 Å². The highest BCUT2D eigenvalue weighted by Gasteiger charge is 2.39. The van der Waals surface area contributed by atoms with Crippen molar-refractivity contribution < 1.29 is 28.8 Å². The molecule has 0 spiro atoms. The molecule has 0 aliphatic carbocycles. The number of halogens is 1. The number of aromatic carboxylic acids is 1. The Balaban J connectivity index is 2.43. The summed E-state index contributed by atoms with van der Waals surface area (Å²) in [7, 11) is -1.31. The molecular formula is C14H16BFO5. The summed E-state index contributed by atoms with van der Waals surface area (Å²) >= 11 is 0. The molecule has 1 aliphatic rings. The summed E-state index contributed by atoms with van der Waals surface area (Å²) in [4.78, 5) is 22.7. The molecule has 0 amide bonds. The van der Waals surface area contributed by atoms with Crippen molar-refractivity contribution in [1.82, 2.24) is 0 Å². The van der Waals surface area contributed by atoms with Gasteiger partial charge in [0.2, 0.25) is 0 Å². The van der Waals surface area contributed by atoms with E-state index in [0.717, 1.165) is 0 Å². The van der Waals surface area contributed by atoms with Crippen molar-refractivity contribution in [2.75, 3.05) is 0 Å². The van der Waals surface area contributed by atoms with E-state index in [1.165, 1.54) is 13.0 Å². The van der Waals surface area contributed by atoms with E-state index in [1.54, 1.807) is 6.92 Å². The van der Waals surface area contributed by atoms with Crippen LogP contribution in [0.5, 0.6) is 5.75 Å². The van der Waals surface area contributed by atoms with Crippen molar-refractivity contribution in [3.8, 4) is 5.75 Å². The Morgan fingerprint density at radius 2 is 2.19 bits per heavy atom. The zero-order valence-corrected chi connectivity index (χ0v) is 11.9. The van der Waals surface area contributed by atoms with Gasteiger partial charge in [-0.2, -0.15) is 0 Å². The van der Waals surface area contributed by atoms with E-state index in [9.17, 15) is 19.0 Å². The maximum absolute atomic E-state index is 14.2. The third-order valence-electron chi connectivity index (χ3n) is 3.71. The topological polar surface area (TPSA) is 83.8 Å². The van der Waals surface area contributed by atoms with E-state index < -0.39 is 24.7 Å². The third kappa shape index (κ3) is 2.92. The second kappa shape index (κ2) is 5.85. The number of Topliss-reactive ketones (excluding diaryl/α,β-unsaturated/α-hetero) is 1. The number of aryl methyl sites for hydroxylation is 1. The van der Waals surface area contributed by atoms with Gasteiger partial charge >= 0.3 is 13.1 Å². The van der Waals surface area contributed by atoms with E-state index in [-0.39, 0.29) is 41.1 Å². The molecule has 0 bridgehead atoms. The van der Waals surface area contributed by atoms with Crippen LogP contribution in [0.4, 0.5) is 4.39 Å². The summed E-state index contributed by atoms with van der Waals surface area (Å²) in [6.07, 6.45) is 0.482. The minimum atomic E-state index is -1.31. The molecule has 0 fully saturated rings. The number of rotatable bonds is 4. The highest BCUT2D eigenvalue weighted by molar-refractivity contribution is 6.47. The second-order valence-corrected chi connectivity index (χ2v) is 5.24. The van der Waals surface area contributed by atoms with Crippen molar-refractivity contribution in [2.45, 2.75) is 38.9 Å². The molecule has 7 heteroatoms. The quantitative estimate of drug-likeness (QED) is 0.830. The van der Waals surface area contributed by atoms with Gasteiger partial charge in [0, 0.05) is 24.2 Å². The van der Waals surface area contributed by atoms with Gasteiger partial charge in [0.25, 0.3) is 0 Å². The summed E-state index contributed by atoms with van der Waals surface area (Å²) in [6.45, 7) is 3.18. The largest absolute Gasteiger partial charge is 0.535 e. The fraction of sp³-hybridized carbons (Fsp3) is 0.429. The summed E-state index contributed by atoms with van der Waals surface area (Å²) in [5, 5.41) is 19.1. The first-order valence-electron chi connectivity index (χ1n) is 6.76. The molecule has 0 radical (unpaired) electrons. The lowest BCUT2D eigenvalue weighted by Crippen LogP contribution is -2.36. The fourth-order valence-electron chi connectivity index (χ4n) is 2.51. The zero-order chi connectivity index (χ0) is 15.7. The maximum atomic E-state index is 14.2. The average Bonchev–Trinajstić information content (AvgIpc) is 2.43. The molecule has 2 N–H and O–H groups in total. The first-order chi connectivity index (χ1) is 9.85. The van der Waals surface area contributed by atoms with Gasteiger partial charge in [-0.25, -0.2) is 9.18 Å². The molecule has 1 aromatic rings. The van der Waals surface area contributed by atoms with E-state index >= 15 is 0 Å². The molecule has 21 heavy (non-hydrogen) atoms. The van der Waals surface area contributed by atoms with Gasteiger partial charge < -0.3 is 14.8 Å². The third-order valence-corrected chi connectivity index (χ3v) is 3.71.